The molecule has 2 heterocycles. The molecule has 0 N–H and O–H groups in total. The summed E-state index contributed by atoms with van der Waals surface area (Å²) in [6, 6.07) is 7.31. The van der Waals surface area contributed by atoms with Crippen LogP contribution in [0.2, 0.25) is 0 Å². The lowest BCUT2D eigenvalue weighted by atomic mass is 9.65. The highest BCUT2D eigenvalue weighted by atomic mass is 16.5. The normalized spacial score (nSPS) is 32.0. The van der Waals surface area contributed by atoms with Crippen LogP contribution in [0.25, 0.3) is 0 Å². The lowest BCUT2D eigenvalue weighted by Gasteiger charge is -2.47. The van der Waals surface area contributed by atoms with Crippen molar-refractivity contribution < 1.29 is 14.3 Å². The summed E-state index contributed by atoms with van der Waals surface area (Å²) < 4.78 is 11.0. The molecule has 1 aromatic rings. The van der Waals surface area contributed by atoms with E-state index in [2.05, 4.69) is 29.0 Å². The first-order valence-electron chi connectivity index (χ1n) is 9.81. The number of carbonyl (C=O) groups is 1. The van der Waals surface area contributed by atoms with Crippen LogP contribution in [-0.4, -0.2) is 62.1 Å². The van der Waals surface area contributed by atoms with E-state index in [1.807, 2.05) is 6.07 Å². The maximum atomic E-state index is 12.2. The van der Waals surface area contributed by atoms with Gasteiger partial charge in [0.1, 0.15) is 0 Å². The summed E-state index contributed by atoms with van der Waals surface area (Å²) in [5.41, 5.74) is 1.52. The zero-order chi connectivity index (χ0) is 18.3. The summed E-state index contributed by atoms with van der Waals surface area (Å²) in [5, 5.41) is 0. The average Bonchev–Trinajstić information content (AvgIpc) is 3.25. The van der Waals surface area contributed by atoms with E-state index in [0.29, 0.717) is 18.0 Å². The Morgan fingerprint density at radius 1 is 1.12 bits per heavy atom. The lowest BCUT2D eigenvalue weighted by molar-refractivity contribution is -0.130. The molecule has 1 aliphatic carbocycles. The van der Waals surface area contributed by atoms with Gasteiger partial charge in [0.05, 0.1) is 14.2 Å². The molecule has 5 heteroatoms. The molecule has 1 amide bonds. The number of methoxy groups -OCH3 is 2. The Hall–Kier alpha value is -1.75. The van der Waals surface area contributed by atoms with Crippen LogP contribution in [0.5, 0.6) is 11.5 Å². The molecule has 1 aromatic carbocycles. The summed E-state index contributed by atoms with van der Waals surface area (Å²) >= 11 is 0. The van der Waals surface area contributed by atoms with Gasteiger partial charge in [-0.15, -0.1) is 0 Å². The number of hydrogen-bond acceptors (Lipinski definition) is 4. The number of ether oxygens (including phenoxy) is 2. The van der Waals surface area contributed by atoms with Crippen molar-refractivity contribution >= 4 is 5.91 Å². The number of carbonyl (C=O) groups excluding carboxylic acids is 1. The van der Waals surface area contributed by atoms with Crippen LogP contribution in [0.15, 0.2) is 18.2 Å². The van der Waals surface area contributed by atoms with Crippen LogP contribution in [0, 0.1) is 0 Å². The van der Waals surface area contributed by atoms with E-state index in [1.165, 1.54) is 12.0 Å². The molecular weight excluding hydrogens is 328 g/mol. The van der Waals surface area contributed by atoms with Crippen LogP contribution in [-0.2, 0) is 10.2 Å². The summed E-state index contributed by atoms with van der Waals surface area (Å²) in [6.45, 7) is 2.06. The topological polar surface area (TPSA) is 42.0 Å². The van der Waals surface area contributed by atoms with Gasteiger partial charge < -0.3 is 19.3 Å². The van der Waals surface area contributed by atoms with Crippen molar-refractivity contribution in [2.24, 2.45) is 0 Å². The van der Waals surface area contributed by atoms with Crippen LogP contribution in [0.1, 0.15) is 44.1 Å². The Bertz CT molecular complexity index is 692. The van der Waals surface area contributed by atoms with E-state index in [0.717, 1.165) is 56.7 Å². The van der Waals surface area contributed by atoms with Crippen molar-refractivity contribution in [1.29, 1.82) is 0 Å². The third kappa shape index (κ3) is 2.68. The van der Waals surface area contributed by atoms with Gasteiger partial charge in [0.25, 0.3) is 0 Å². The van der Waals surface area contributed by atoms with Gasteiger partial charge in [0.2, 0.25) is 5.91 Å². The highest BCUT2D eigenvalue weighted by Crippen LogP contribution is 2.50. The van der Waals surface area contributed by atoms with Gasteiger partial charge in [-0.05, 0) is 63.4 Å². The lowest BCUT2D eigenvalue weighted by Crippen LogP contribution is -2.52. The van der Waals surface area contributed by atoms with Gasteiger partial charge in [-0.1, -0.05) is 6.07 Å². The highest BCUT2D eigenvalue weighted by Gasteiger charge is 2.51. The van der Waals surface area contributed by atoms with Gasteiger partial charge >= 0.3 is 0 Å². The molecule has 4 rings (SSSR count). The molecule has 3 aliphatic rings. The van der Waals surface area contributed by atoms with E-state index in [-0.39, 0.29) is 5.41 Å². The third-order valence-electron chi connectivity index (χ3n) is 7.01. The van der Waals surface area contributed by atoms with Crippen LogP contribution in [0.3, 0.4) is 0 Å². The molecule has 3 fully saturated rings. The standard InChI is InChI=1S/C21H30N2O3/c1-22-12-10-21(15-6-7-17(25-2)18(13-15)26-3)9-8-16(14-19(21)22)23-11-4-5-20(23)24/h6-7,13,16,19H,4-5,8-12,14H2,1-3H3/t16-,19-,21-/m0/s1. The zero-order valence-corrected chi connectivity index (χ0v) is 16.2. The van der Waals surface area contributed by atoms with Crippen molar-refractivity contribution in [2.45, 2.75) is 56.0 Å². The molecule has 142 valence electrons. The number of hydrogen-bond donors (Lipinski definition) is 0. The molecule has 26 heavy (non-hydrogen) atoms. The number of likely N-dealkylation sites (N-methyl/N-ethyl adjacent to an activating group) is 1. The zero-order valence-electron chi connectivity index (χ0n) is 16.2. The van der Waals surface area contributed by atoms with Gasteiger partial charge in [-0.25, -0.2) is 0 Å². The van der Waals surface area contributed by atoms with Gasteiger partial charge in [0, 0.05) is 30.5 Å². The predicted octanol–water partition coefficient (Wildman–Crippen LogP) is 2.82. The Balaban J connectivity index is 1.64. The maximum Gasteiger partial charge on any atom is 0.222 e. The van der Waals surface area contributed by atoms with Crippen LogP contribution < -0.4 is 9.47 Å². The van der Waals surface area contributed by atoms with E-state index in [1.54, 1.807) is 14.2 Å². The van der Waals surface area contributed by atoms with Crippen molar-refractivity contribution in [1.82, 2.24) is 9.80 Å². The molecule has 5 nitrogen and oxygen atoms in total. The number of rotatable bonds is 4. The van der Waals surface area contributed by atoms with Crippen molar-refractivity contribution in [2.75, 3.05) is 34.4 Å². The highest BCUT2D eigenvalue weighted by molar-refractivity contribution is 5.78. The quantitative estimate of drug-likeness (QED) is 0.830. The molecule has 3 atom stereocenters. The molecule has 1 saturated carbocycles. The summed E-state index contributed by atoms with van der Waals surface area (Å²) in [7, 11) is 5.62. The monoisotopic (exact) mass is 358 g/mol. The minimum Gasteiger partial charge on any atom is -0.493 e. The van der Waals surface area contributed by atoms with Gasteiger partial charge in [0.15, 0.2) is 11.5 Å². The molecule has 0 radical (unpaired) electrons. The Morgan fingerprint density at radius 2 is 1.92 bits per heavy atom. The fourth-order valence-electron chi connectivity index (χ4n) is 5.58. The molecule has 2 aliphatic heterocycles. The average molecular weight is 358 g/mol. The second kappa shape index (κ2) is 6.76. The Labute approximate surface area is 156 Å². The fraction of sp³-hybridized carbons (Fsp3) is 0.667. The minimum absolute atomic E-state index is 0.160. The van der Waals surface area contributed by atoms with Gasteiger partial charge in [-0.2, -0.15) is 0 Å². The smallest absolute Gasteiger partial charge is 0.222 e. The first kappa shape index (κ1) is 17.7. The molecule has 0 spiro atoms. The van der Waals surface area contributed by atoms with E-state index in [9.17, 15) is 4.79 Å². The Kier molecular flexibility index (Phi) is 4.59. The molecular formula is C21H30N2O3. The molecule has 2 saturated heterocycles. The summed E-state index contributed by atoms with van der Waals surface area (Å²) in [5.74, 6) is 1.95. The minimum atomic E-state index is 0.160. The number of benzene rings is 1. The van der Waals surface area contributed by atoms with E-state index >= 15 is 0 Å². The third-order valence-corrected chi connectivity index (χ3v) is 7.01. The van der Waals surface area contributed by atoms with Crippen molar-refractivity contribution in [3.05, 3.63) is 23.8 Å². The van der Waals surface area contributed by atoms with E-state index < -0.39 is 0 Å². The SMILES string of the molecule is COc1ccc([C@@]23CC[C@H](N4CCCC4=O)C[C@@H]2N(C)CC3)cc1OC. The van der Waals surface area contributed by atoms with Crippen molar-refractivity contribution in [3.8, 4) is 11.5 Å². The second-order valence-corrected chi connectivity index (χ2v) is 8.09. The molecule has 0 unspecified atom stereocenters. The maximum absolute atomic E-state index is 12.2. The first-order chi connectivity index (χ1) is 12.6. The number of nitrogens with zero attached hydrogens (tertiary/aromatic N) is 2. The number of amides is 1. The van der Waals surface area contributed by atoms with Crippen LogP contribution in [0.4, 0.5) is 0 Å². The molecule has 0 bridgehead atoms. The van der Waals surface area contributed by atoms with Crippen LogP contribution >= 0.6 is 0 Å². The second-order valence-electron chi connectivity index (χ2n) is 8.09. The largest absolute Gasteiger partial charge is 0.493 e. The summed E-state index contributed by atoms with van der Waals surface area (Å²) in [4.78, 5) is 16.9. The van der Waals surface area contributed by atoms with Gasteiger partial charge in [-0.3, -0.25) is 4.79 Å². The molecule has 0 aromatic heterocycles. The fourth-order valence-corrected chi connectivity index (χ4v) is 5.58. The summed E-state index contributed by atoms with van der Waals surface area (Å²) in [6.07, 6.45) is 6.24. The predicted molar refractivity (Wildman–Crippen MR) is 101 cm³/mol. The van der Waals surface area contributed by atoms with E-state index in [4.69, 9.17) is 9.47 Å². The first-order valence-corrected chi connectivity index (χ1v) is 9.81. The number of likely N-dealkylation sites (tertiary alicyclic amines) is 2. The number of fused-ring (bicyclic) bond motifs is 1. The Morgan fingerprint density at radius 3 is 2.62 bits per heavy atom. The van der Waals surface area contributed by atoms with Crippen molar-refractivity contribution in [3.63, 3.8) is 0 Å².